The van der Waals surface area contributed by atoms with Gasteiger partial charge in [-0.25, -0.2) is 15.0 Å². The van der Waals surface area contributed by atoms with Gasteiger partial charge >= 0.3 is 0 Å². The van der Waals surface area contributed by atoms with Crippen LogP contribution in [0, 0.1) is 39.0 Å². The summed E-state index contributed by atoms with van der Waals surface area (Å²) in [5, 5.41) is 15.3. The zero-order valence-corrected chi connectivity index (χ0v) is 44.8. The van der Waals surface area contributed by atoms with Gasteiger partial charge in [0.15, 0.2) is 17.5 Å². The van der Waals surface area contributed by atoms with E-state index < -0.39 is 0 Å². The van der Waals surface area contributed by atoms with Gasteiger partial charge in [0, 0.05) is 49.5 Å². The molecule has 3 heterocycles. The standard InChI is InChI=1S/C74H52N6/c1-46-35-47(2)38-56(37-46)52-27-32-69-64(41-52)60-23-13-15-25-67(60)79(69)58-30-31-62(74-77-72(50-17-7-5-8-18-50)76-73(78-74)51-19-9-6-10-20-51)63(44-58)66-43-54(59-22-12-11-21-55(59)45-75)29-34-71(66)80-68-26-16-14-24-61(68)65-42-53(28-33-70(65)80)57-39-48(3)36-49(4)40-57/h5-44H,1-4H3. The van der Waals surface area contributed by atoms with E-state index >= 15 is 0 Å². The van der Waals surface area contributed by atoms with Crippen molar-refractivity contribution in [1.82, 2.24) is 24.1 Å². The fraction of sp³-hybridized carbons (Fsp3) is 0.0541. The minimum Gasteiger partial charge on any atom is -0.309 e. The Kier molecular flexibility index (Phi) is 11.7. The smallest absolute Gasteiger partial charge is 0.164 e. The lowest BCUT2D eigenvalue weighted by atomic mass is 9.91. The van der Waals surface area contributed by atoms with Gasteiger partial charge < -0.3 is 9.13 Å². The van der Waals surface area contributed by atoms with E-state index in [2.05, 4.69) is 201 Å². The number of rotatable bonds is 9. The van der Waals surface area contributed by atoms with Gasteiger partial charge in [0.25, 0.3) is 0 Å². The zero-order valence-electron chi connectivity index (χ0n) is 44.8. The highest BCUT2D eigenvalue weighted by Crippen LogP contribution is 2.45. The fourth-order valence-electron chi connectivity index (χ4n) is 12.1. The lowest BCUT2D eigenvalue weighted by molar-refractivity contribution is 1.07. The molecule has 0 aliphatic heterocycles. The molecule has 0 aliphatic rings. The number of nitriles is 1. The van der Waals surface area contributed by atoms with Gasteiger partial charge in [-0.15, -0.1) is 0 Å². The molecule has 0 unspecified atom stereocenters. The van der Waals surface area contributed by atoms with Crippen molar-refractivity contribution in [2.24, 2.45) is 0 Å². The molecule has 0 saturated carbocycles. The Hall–Kier alpha value is -10.5. The van der Waals surface area contributed by atoms with Crippen LogP contribution in [0.25, 0.3) is 134 Å². The fourth-order valence-corrected chi connectivity index (χ4v) is 12.1. The van der Waals surface area contributed by atoms with Crippen LogP contribution >= 0.6 is 0 Å². The first kappa shape index (κ1) is 47.9. The molecule has 0 radical (unpaired) electrons. The van der Waals surface area contributed by atoms with Gasteiger partial charge in [-0.1, -0.05) is 192 Å². The highest BCUT2D eigenvalue weighted by molar-refractivity contribution is 6.12. The van der Waals surface area contributed by atoms with Crippen molar-refractivity contribution >= 4 is 43.6 Å². The first-order valence-corrected chi connectivity index (χ1v) is 27.1. The van der Waals surface area contributed by atoms with Crippen molar-refractivity contribution in [3.63, 3.8) is 0 Å². The van der Waals surface area contributed by atoms with Gasteiger partial charge in [-0.05, 0) is 139 Å². The Labute approximate surface area is 464 Å². The maximum absolute atomic E-state index is 10.6. The van der Waals surface area contributed by atoms with Crippen LogP contribution in [0.5, 0.6) is 0 Å². The first-order valence-electron chi connectivity index (χ1n) is 27.1. The summed E-state index contributed by atoms with van der Waals surface area (Å²) in [6, 6.07) is 88.7. The number of aromatic nitrogens is 5. The second-order valence-electron chi connectivity index (χ2n) is 21.1. The Morgan fingerprint density at radius 2 is 0.775 bits per heavy atom. The molecule has 0 atom stereocenters. The van der Waals surface area contributed by atoms with Crippen LogP contribution in [0.3, 0.4) is 0 Å². The normalized spacial score (nSPS) is 11.5. The lowest BCUT2D eigenvalue weighted by Crippen LogP contribution is -2.04. The molecule has 0 aliphatic carbocycles. The SMILES string of the molecule is Cc1cc(C)cc(-c2ccc3c(c2)c2ccccc2n3-c2ccc(-c3nc(-c4ccccc4)nc(-c4ccccc4)n3)c(-c3cc(-c4ccccc4C#N)ccc3-n3c4ccccc4c4cc(-c5cc(C)cc(C)c5)ccc43)c2)c1. The Bertz CT molecular complexity index is 4730. The summed E-state index contributed by atoms with van der Waals surface area (Å²) in [7, 11) is 0. The molecule has 0 fully saturated rings. The molecule has 0 saturated heterocycles. The highest BCUT2D eigenvalue weighted by Gasteiger charge is 2.24. The van der Waals surface area contributed by atoms with E-state index in [4.69, 9.17) is 15.0 Å². The van der Waals surface area contributed by atoms with E-state index in [0.29, 0.717) is 23.0 Å². The zero-order chi connectivity index (χ0) is 54.0. The molecule has 0 spiro atoms. The second-order valence-corrected chi connectivity index (χ2v) is 21.1. The van der Waals surface area contributed by atoms with Gasteiger partial charge in [-0.3, -0.25) is 0 Å². The largest absolute Gasteiger partial charge is 0.309 e. The maximum atomic E-state index is 10.6. The van der Waals surface area contributed by atoms with Crippen LogP contribution in [0.15, 0.2) is 243 Å². The van der Waals surface area contributed by atoms with Gasteiger partial charge in [-0.2, -0.15) is 5.26 Å². The molecule has 80 heavy (non-hydrogen) atoms. The third-order valence-corrected chi connectivity index (χ3v) is 15.5. The van der Waals surface area contributed by atoms with Crippen LogP contribution in [0.4, 0.5) is 0 Å². The van der Waals surface area contributed by atoms with Gasteiger partial charge in [0.2, 0.25) is 0 Å². The second kappa shape index (κ2) is 19.5. The molecule has 378 valence electrons. The van der Waals surface area contributed by atoms with Gasteiger partial charge in [0.1, 0.15) is 0 Å². The molecule has 6 heteroatoms. The van der Waals surface area contributed by atoms with Crippen LogP contribution in [0.1, 0.15) is 27.8 Å². The molecule has 0 bridgehead atoms. The minimum atomic E-state index is 0.536. The molecule has 0 amide bonds. The number of aryl methyl sites for hydroxylation is 4. The third kappa shape index (κ3) is 8.41. The van der Waals surface area contributed by atoms with E-state index in [1.165, 1.54) is 44.3 Å². The van der Waals surface area contributed by atoms with Crippen molar-refractivity contribution in [3.8, 4) is 96.1 Å². The maximum Gasteiger partial charge on any atom is 0.164 e. The summed E-state index contributed by atoms with van der Waals surface area (Å²) >= 11 is 0. The first-order chi connectivity index (χ1) is 39.2. The van der Waals surface area contributed by atoms with Crippen LogP contribution in [-0.4, -0.2) is 24.1 Å². The summed E-state index contributed by atoms with van der Waals surface area (Å²) in [5.41, 5.74) is 22.8. The van der Waals surface area contributed by atoms with Crippen molar-refractivity contribution in [2.45, 2.75) is 27.7 Å². The van der Waals surface area contributed by atoms with E-state index in [9.17, 15) is 5.26 Å². The number of hydrogen-bond donors (Lipinski definition) is 0. The van der Waals surface area contributed by atoms with E-state index in [1.807, 2.05) is 84.9 Å². The summed E-state index contributed by atoms with van der Waals surface area (Å²) < 4.78 is 4.81. The molecule has 6 nitrogen and oxygen atoms in total. The molecule has 14 aromatic rings. The van der Waals surface area contributed by atoms with Crippen molar-refractivity contribution < 1.29 is 0 Å². The van der Waals surface area contributed by atoms with Crippen LogP contribution in [0.2, 0.25) is 0 Å². The summed E-state index contributed by atoms with van der Waals surface area (Å²) in [4.78, 5) is 15.9. The van der Waals surface area contributed by atoms with E-state index in [0.717, 1.165) is 94.1 Å². The Morgan fingerprint density at radius 3 is 1.35 bits per heavy atom. The molecule has 11 aromatic carbocycles. The predicted molar refractivity (Wildman–Crippen MR) is 330 cm³/mol. The van der Waals surface area contributed by atoms with Crippen LogP contribution in [-0.2, 0) is 0 Å². The van der Waals surface area contributed by atoms with Crippen LogP contribution < -0.4 is 0 Å². The van der Waals surface area contributed by atoms with E-state index in [1.54, 1.807) is 0 Å². The topological polar surface area (TPSA) is 72.3 Å². The Balaban J connectivity index is 1.09. The van der Waals surface area contributed by atoms with Crippen molar-refractivity contribution in [2.75, 3.05) is 0 Å². The van der Waals surface area contributed by atoms with Crippen molar-refractivity contribution in [3.05, 3.63) is 270 Å². The number of para-hydroxylation sites is 2. The van der Waals surface area contributed by atoms with Gasteiger partial charge in [0.05, 0.1) is 39.4 Å². The number of fused-ring (bicyclic) bond motifs is 6. The molecular weight excluding hydrogens is 973 g/mol. The average Bonchev–Trinajstić information content (AvgIpc) is 4.19. The van der Waals surface area contributed by atoms with Crippen molar-refractivity contribution in [1.29, 1.82) is 5.26 Å². The molecule has 0 N–H and O–H groups in total. The lowest BCUT2D eigenvalue weighted by Gasteiger charge is -2.20. The predicted octanol–water partition coefficient (Wildman–Crippen LogP) is 18.8. The third-order valence-electron chi connectivity index (χ3n) is 15.5. The van der Waals surface area contributed by atoms with E-state index in [-0.39, 0.29) is 0 Å². The number of hydrogen-bond acceptors (Lipinski definition) is 4. The highest BCUT2D eigenvalue weighted by atomic mass is 15.0. The number of nitrogens with zero attached hydrogens (tertiary/aromatic N) is 6. The molecule has 3 aromatic heterocycles. The number of benzene rings is 11. The quantitative estimate of drug-likeness (QED) is 0.144. The average molecular weight is 1030 g/mol. The molecule has 14 rings (SSSR count). The molecular formula is C74H52N6. The summed E-state index contributed by atoms with van der Waals surface area (Å²) in [6.07, 6.45) is 0. The summed E-state index contributed by atoms with van der Waals surface area (Å²) in [5.74, 6) is 1.68. The Morgan fingerprint density at radius 1 is 0.300 bits per heavy atom. The summed E-state index contributed by atoms with van der Waals surface area (Å²) in [6.45, 7) is 8.66. The minimum absolute atomic E-state index is 0.536. The monoisotopic (exact) mass is 1020 g/mol.